The van der Waals surface area contributed by atoms with Gasteiger partial charge in [-0.1, -0.05) is 11.6 Å². The third-order valence-electron chi connectivity index (χ3n) is 3.00. The Labute approximate surface area is 123 Å². The van der Waals surface area contributed by atoms with E-state index in [0.29, 0.717) is 49.2 Å². The molecule has 2 rings (SSSR count). The number of hydrogen-bond donors (Lipinski definition) is 2. The Morgan fingerprint density at radius 1 is 1.35 bits per heavy atom. The molecule has 0 radical (unpaired) electrons. The maximum absolute atomic E-state index is 11.1. The van der Waals surface area contributed by atoms with Gasteiger partial charge in [0.1, 0.15) is 0 Å². The average Bonchev–Trinajstić information content (AvgIpc) is 2.69. The van der Waals surface area contributed by atoms with Gasteiger partial charge in [-0.2, -0.15) is 0 Å². The van der Waals surface area contributed by atoms with Crippen molar-refractivity contribution in [3.63, 3.8) is 0 Å². The molecule has 0 fully saturated rings. The molecule has 0 spiro atoms. The number of carbonyl (C=O) groups excluding carboxylic acids is 1. The van der Waals surface area contributed by atoms with Crippen LogP contribution in [0.2, 0.25) is 5.02 Å². The van der Waals surface area contributed by atoms with E-state index in [2.05, 4.69) is 10.6 Å². The van der Waals surface area contributed by atoms with Gasteiger partial charge in [-0.05, 0) is 17.7 Å². The van der Waals surface area contributed by atoms with Crippen LogP contribution in [0.4, 0.5) is 0 Å². The van der Waals surface area contributed by atoms with Crippen LogP contribution in [0.25, 0.3) is 0 Å². The first-order chi connectivity index (χ1) is 9.70. The van der Waals surface area contributed by atoms with Crippen molar-refractivity contribution in [1.82, 2.24) is 10.6 Å². The molecule has 0 aliphatic carbocycles. The number of nitrogens with one attached hydrogen (secondary N) is 2. The number of carbonyl (C=O) groups is 1. The number of amides is 1. The summed E-state index contributed by atoms with van der Waals surface area (Å²) in [5, 5.41) is 6.35. The van der Waals surface area contributed by atoms with Gasteiger partial charge >= 0.3 is 0 Å². The standard InChI is InChI=1S/C14H19ClN2O3/c1-16-13(18)3-4-17-9-10-7-11(15)14-12(8-10)19-5-2-6-20-14/h7-8,17H,2-6,9H2,1H3,(H,16,18). The van der Waals surface area contributed by atoms with E-state index in [1.807, 2.05) is 12.1 Å². The maximum atomic E-state index is 11.1. The Hall–Kier alpha value is -1.46. The predicted octanol–water partition coefficient (Wildman–Crippen LogP) is 1.73. The van der Waals surface area contributed by atoms with Crippen LogP contribution < -0.4 is 20.1 Å². The molecule has 0 saturated heterocycles. The molecule has 0 aromatic heterocycles. The zero-order valence-corrected chi connectivity index (χ0v) is 12.3. The summed E-state index contributed by atoms with van der Waals surface area (Å²) < 4.78 is 11.2. The van der Waals surface area contributed by atoms with E-state index in [4.69, 9.17) is 21.1 Å². The number of rotatable bonds is 5. The van der Waals surface area contributed by atoms with E-state index >= 15 is 0 Å². The first-order valence-corrected chi connectivity index (χ1v) is 7.08. The minimum atomic E-state index is 0.0224. The third kappa shape index (κ3) is 4.02. The smallest absolute Gasteiger partial charge is 0.221 e. The average molecular weight is 299 g/mol. The molecule has 6 heteroatoms. The fourth-order valence-electron chi connectivity index (χ4n) is 1.95. The van der Waals surface area contributed by atoms with Crippen LogP contribution in [0, 0.1) is 0 Å². The molecule has 20 heavy (non-hydrogen) atoms. The molecule has 1 aromatic rings. The molecule has 0 bridgehead atoms. The van der Waals surface area contributed by atoms with Crippen LogP contribution in [0.1, 0.15) is 18.4 Å². The second-order valence-electron chi connectivity index (χ2n) is 4.56. The van der Waals surface area contributed by atoms with Gasteiger partial charge in [0.2, 0.25) is 5.91 Å². The van der Waals surface area contributed by atoms with Crippen molar-refractivity contribution in [2.45, 2.75) is 19.4 Å². The van der Waals surface area contributed by atoms with Crippen LogP contribution in [0.5, 0.6) is 11.5 Å². The van der Waals surface area contributed by atoms with Crippen molar-refractivity contribution in [2.75, 3.05) is 26.8 Å². The number of ether oxygens (including phenoxy) is 2. The van der Waals surface area contributed by atoms with Crippen LogP contribution in [0.3, 0.4) is 0 Å². The Morgan fingerprint density at radius 3 is 2.95 bits per heavy atom. The lowest BCUT2D eigenvalue weighted by atomic mass is 10.2. The summed E-state index contributed by atoms with van der Waals surface area (Å²) in [4.78, 5) is 11.1. The molecule has 1 heterocycles. The molecule has 1 aliphatic heterocycles. The highest BCUT2D eigenvalue weighted by Gasteiger charge is 2.15. The topological polar surface area (TPSA) is 59.6 Å². The molecule has 1 aliphatic rings. The van der Waals surface area contributed by atoms with Crippen LogP contribution in [-0.2, 0) is 11.3 Å². The number of hydrogen-bond acceptors (Lipinski definition) is 4. The van der Waals surface area contributed by atoms with Gasteiger partial charge in [-0.25, -0.2) is 0 Å². The second kappa shape index (κ2) is 7.36. The molecule has 5 nitrogen and oxygen atoms in total. The lowest BCUT2D eigenvalue weighted by Gasteiger charge is -2.12. The quantitative estimate of drug-likeness (QED) is 0.813. The molecule has 0 unspecified atom stereocenters. The largest absolute Gasteiger partial charge is 0.489 e. The van der Waals surface area contributed by atoms with Gasteiger partial charge in [0, 0.05) is 33.0 Å². The van der Waals surface area contributed by atoms with E-state index in [0.717, 1.165) is 12.0 Å². The van der Waals surface area contributed by atoms with Crippen molar-refractivity contribution in [1.29, 1.82) is 0 Å². The minimum absolute atomic E-state index is 0.0224. The number of fused-ring (bicyclic) bond motifs is 1. The summed E-state index contributed by atoms with van der Waals surface area (Å²) in [5.41, 5.74) is 1.01. The predicted molar refractivity (Wildman–Crippen MR) is 77.4 cm³/mol. The van der Waals surface area contributed by atoms with Crippen LogP contribution in [0.15, 0.2) is 12.1 Å². The zero-order valence-electron chi connectivity index (χ0n) is 11.5. The molecular formula is C14H19ClN2O3. The Balaban J connectivity index is 1.94. The van der Waals surface area contributed by atoms with E-state index in [-0.39, 0.29) is 5.91 Å². The van der Waals surface area contributed by atoms with Crippen molar-refractivity contribution in [3.8, 4) is 11.5 Å². The molecule has 2 N–H and O–H groups in total. The van der Waals surface area contributed by atoms with E-state index in [1.54, 1.807) is 7.05 Å². The van der Waals surface area contributed by atoms with Gasteiger partial charge in [0.05, 0.1) is 18.2 Å². The number of halogens is 1. The maximum Gasteiger partial charge on any atom is 0.221 e. The van der Waals surface area contributed by atoms with Crippen LogP contribution in [-0.4, -0.2) is 32.7 Å². The lowest BCUT2D eigenvalue weighted by molar-refractivity contribution is -0.120. The number of benzene rings is 1. The molecular weight excluding hydrogens is 280 g/mol. The Bertz CT molecular complexity index is 480. The minimum Gasteiger partial charge on any atom is -0.489 e. The van der Waals surface area contributed by atoms with Gasteiger partial charge in [0.15, 0.2) is 11.5 Å². The van der Waals surface area contributed by atoms with E-state index in [9.17, 15) is 4.79 Å². The summed E-state index contributed by atoms with van der Waals surface area (Å²) in [6.07, 6.45) is 1.31. The first-order valence-electron chi connectivity index (χ1n) is 6.70. The van der Waals surface area contributed by atoms with E-state index in [1.165, 1.54) is 0 Å². The highest BCUT2D eigenvalue weighted by atomic mass is 35.5. The van der Waals surface area contributed by atoms with Crippen molar-refractivity contribution < 1.29 is 14.3 Å². The molecule has 0 saturated carbocycles. The summed E-state index contributed by atoms with van der Waals surface area (Å²) in [6.45, 7) is 2.51. The van der Waals surface area contributed by atoms with Crippen molar-refractivity contribution in [2.24, 2.45) is 0 Å². The van der Waals surface area contributed by atoms with E-state index < -0.39 is 0 Å². The normalized spacial score (nSPS) is 13.7. The van der Waals surface area contributed by atoms with Gasteiger partial charge in [-0.15, -0.1) is 0 Å². The van der Waals surface area contributed by atoms with Gasteiger partial charge in [0.25, 0.3) is 0 Å². The second-order valence-corrected chi connectivity index (χ2v) is 4.96. The third-order valence-corrected chi connectivity index (χ3v) is 3.28. The molecule has 110 valence electrons. The summed E-state index contributed by atoms with van der Waals surface area (Å²) in [5.74, 6) is 1.34. The fraction of sp³-hybridized carbons (Fsp3) is 0.500. The van der Waals surface area contributed by atoms with Crippen LogP contribution >= 0.6 is 11.6 Å². The fourth-order valence-corrected chi connectivity index (χ4v) is 2.23. The van der Waals surface area contributed by atoms with Gasteiger partial charge < -0.3 is 20.1 Å². The monoisotopic (exact) mass is 298 g/mol. The SMILES string of the molecule is CNC(=O)CCNCc1cc(Cl)c2c(c1)OCCCO2. The van der Waals surface area contributed by atoms with Crippen molar-refractivity contribution in [3.05, 3.63) is 22.7 Å². The Morgan fingerprint density at radius 2 is 2.15 bits per heavy atom. The zero-order chi connectivity index (χ0) is 14.4. The first kappa shape index (κ1) is 14.9. The Kier molecular flexibility index (Phi) is 5.49. The molecule has 0 atom stereocenters. The molecule has 1 aromatic carbocycles. The van der Waals surface area contributed by atoms with Crippen molar-refractivity contribution >= 4 is 17.5 Å². The summed E-state index contributed by atoms with van der Waals surface area (Å²) in [6, 6.07) is 3.79. The summed E-state index contributed by atoms with van der Waals surface area (Å²) >= 11 is 6.21. The highest BCUT2D eigenvalue weighted by Crippen LogP contribution is 2.37. The summed E-state index contributed by atoms with van der Waals surface area (Å²) in [7, 11) is 1.63. The van der Waals surface area contributed by atoms with Gasteiger partial charge in [-0.3, -0.25) is 4.79 Å². The highest BCUT2D eigenvalue weighted by molar-refractivity contribution is 6.32. The molecule has 1 amide bonds. The lowest BCUT2D eigenvalue weighted by Crippen LogP contribution is -2.24.